The van der Waals surface area contributed by atoms with Crippen LogP contribution < -0.4 is 15.8 Å². The van der Waals surface area contributed by atoms with Gasteiger partial charge in [-0.1, -0.05) is 43.6 Å². The number of ketones is 1. The number of unbranched alkanes of at least 4 members (excludes halogenated alkanes) is 2. The molecule has 37 heavy (non-hydrogen) atoms. The summed E-state index contributed by atoms with van der Waals surface area (Å²) in [5, 5.41) is 10.5. The first kappa shape index (κ1) is 29.5. The van der Waals surface area contributed by atoms with Crippen LogP contribution in [0.25, 0.3) is 10.9 Å². The molecule has 0 saturated carbocycles. The van der Waals surface area contributed by atoms with Crippen LogP contribution in [0.1, 0.15) is 76.6 Å². The number of benzene rings is 1. The van der Waals surface area contributed by atoms with Gasteiger partial charge in [-0.05, 0) is 45.7 Å². The molecule has 0 unspecified atom stereocenters. The van der Waals surface area contributed by atoms with Gasteiger partial charge in [0.2, 0.25) is 5.88 Å². The topological polar surface area (TPSA) is 147 Å². The van der Waals surface area contributed by atoms with Gasteiger partial charge in [-0.25, -0.2) is 14.6 Å². The number of rotatable bonds is 13. The standard InChI is InChI=1S/C26H36N4O7/c1-6-18(31)13-8-7-9-15-21(30(25(34)35)26(2,3)4)24(33)37-29-28-22(32)19-16-17-12-10-11-14-20(17)27-23(19)36-5/h10-12,14,16,21,29H,6-9,13,15H2,1-5H3,(H,28,32)(H,34,35)/t21-/m0/s1. The molecule has 2 amide bonds. The van der Waals surface area contributed by atoms with Crippen molar-refractivity contribution in [2.45, 2.75) is 77.8 Å². The third-order valence-corrected chi connectivity index (χ3v) is 5.78. The lowest BCUT2D eigenvalue weighted by atomic mass is 9.99. The number of carboxylic acid groups (broad SMARTS) is 1. The highest BCUT2D eigenvalue weighted by Crippen LogP contribution is 2.23. The maximum absolute atomic E-state index is 12.9. The number of pyridine rings is 1. The summed E-state index contributed by atoms with van der Waals surface area (Å²) < 4.78 is 5.22. The fourth-order valence-corrected chi connectivity index (χ4v) is 3.93. The molecule has 0 aliphatic rings. The van der Waals surface area contributed by atoms with E-state index in [1.54, 1.807) is 45.9 Å². The quantitative estimate of drug-likeness (QED) is 0.265. The van der Waals surface area contributed by atoms with E-state index in [0.717, 1.165) is 4.90 Å². The lowest BCUT2D eigenvalue weighted by molar-refractivity contribution is -0.161. The maximum Gasteiger partial charge on any atom is 0.408 e. The van der Waals surface area contributed by atoms with E-state index in [1.807, 2.05) is 12.1 Å². The number of carbonyl (C=O) groups excluding carboxylic acids is 3. The molecule has 0 spiro atoms. The van der Waals surface area contributed by atoms with Crippen molar-refractivity contribution in [1.29, 1.82) is 0 Å². The number of hydrogen-bond donors (Lipinski definition) is 3. The number of aromatic nitrogens is 1. The Bertz CT molecular complexity index is 1110. The van der Waals surface area contributed by atoms with E-state index in [0.29, 0.717) is 43.0 Å². The normalized spacial score (nSPS) is 12.0. The fourth-order valence-electron chi connectivity index (χ4n) is 3.93. The number of Topliss-reactive ketones (excluding diaryl/α,β-unsaturated/α-hetero) is 1. The van der Waals surface area contributed by atoms with E-state index in [9.17, 15) is 24.3 Å². The molecule has 3 N–H and O–H groups in total. The van der Waals surface area contributed by atoms with Crippen LogP contribution in [-0.4, -0.2) is 57.4 Å². The van der Waals surface area contributed by atoms with Gasteiger partial charge >= 0.3 is 12.1 Å². The molecule has 0 fully saturated rings. The number of ether oxygens (including phenoxy) is 1. The van der Waals surface area contributed by atoms with E-state index < -0.39 is 29.6 Å². The lowest BCUT2D eigenvalue weighted by Crippen LogP contribution is -2.55. The van der Waals surface area contributed by atoms with Crippen LogP contribution in [0.5, 0.6) is 5.88 Å². The Morgan fingerprint density at radius 3 is 2.43 bits per heavy atom. The van der Waals surface area contributed by atoms with Crippen molar-refractivity contribution < 1.29 is 33.9 Å². The molecular weight excluding hydrogens is 480 g/mol. The molecule has 1 heterocycles. The molecule has 2 aromatic rings. The Hall–Kier alpha value is -3.73. The third-order valence-electron chi connectivity index (χ3n) is 5.78. The van der Waals surface area contributed by atoms with Gasteiger partial charge in [0.25, 0.3) is 5.91 Å². The van der Waals surface area contributed by atoms with E-state index >= 15 is 0 Å². The number of hydrogen-bond acceptors (Lipinski definition) is 8. The summed E-state index contributed by atoms with van der Waals surface area (Å²) in [4.78, 5) is 59.6. The number of methoxy groups -OCH3 is 1. The first-order valence-corrected chi connectivity index (χ1v) is 12.2. The largest absolute Gasteiger partial charge is 0.480 e. The molecule has 0 aliphatic heterocycles. The van der Waals surface area contributed by atoms with Crippen molar-refractivity contribution in [1.82, 2.24) is 20.9 Å². The second-order valence-electron chi connectivity index (χ2n) is 9.55. The molecule has 11 heteroatoms. The van der Waals surface area contributed by atoms with Crippen LogP contribution in [0.4, 0.5) is 4.79 Å². The van der Waals surface area contributed by atoms with Gasteiger partial charge < -0.3 is 14.7 Å². The van der Waals surface area contributed by atoms with Crippen molar-refractivity contribution in [3.8, 4) is 5.88 Å². The van der Waals surface area contributed by atoms with Gasteiger partial charge in [0.15, 0.2) is 0 Å². The summed E-state index contributed by atoms with van der Waals surface area (Å²) in [5.74, 6) is -1.28. The predicted octanol–water partition coefficient (Wildman–Crippen LogP) is 4.01. The minimum Gasteiger partial charge on any atom is -0.480 e. The molecule has 1 aromatic carbocycles. The summed E-state index contributed by atoms with van der Waals surface area (Å²) in [7, 11) is 1.39. The summed E-state index contributed by atoms with van der Waals surface area (Å²) in [6.07, 6.45) is 1.69. The van der Waals surface area contributed by atoms with E-state index in [-0.39, 0.29) is 23.6 Å². The number of nitrogens with zero attached hydrogens (tertiary/aromatic N) is 2. The molecule has 0 saturated heterocycles. The Kier molecular flexibility index (Phi) is 10.8. The van der Waals surface area contributed by atoms with Gasteiger partial charge in [0, 0.05) is 23.8 Å². The monoisotopic (exact) mass is 516 g/mol. The van der Waals surface area contributed by atoms with Gasteiger partial charge in [-0.2, -0.15) is 0 Å². The highest BCUT2D eigenvalue weighted by molar-refractivity contribution is 5.99. The Morgan fingerprint density at radius 1 is 1.11 bits per heavy atom. The minimum atomic E-state index is -1.27. The van der Waals surface area contributed by atoms with Crippen molar-refractivity contribution in [3.05, 3.63) is 35.9 Å². The summed E-state index contributed by atoms with van der Waals surface area (Å²) in [6.45, 7) is 6.83. The number of amides is 2. The molecule has 2 rings (SSSR count). The molecule has 1 atom stereocenters. The zero-order valence-corrected chi connectivity index (χ0v) is 22.0. The summed E-state index contributed by atoms with van der Waals surface area (Å²) >= 11 is 0. The van der Waals surface area contributed by atoms with Crippen molar-refractivity contribution in [3.63, 3.8) is 0 Å². The van der Waals surface area contributed by atoms with Crippen LogP contribution in [0.15, 0.2) is 30.3 Å². The van der Waals surface area contributed by atoms with Crippen molar-refractivity contribution in [2.24, 2.45) is 0 Å². The van der Waals surface area contributed by atoms with E-state index in [1.165, 1.54) is 7.11 Å². The summed E-state index contributed by atoms with van der Waals surface area (Å²) in [5.41, 5.74) is 4.28. The smallest absolute Gasteiger partial charge is 0.408 e. The Balaban J connectivity index is 2.07. The molecule has 0 aliphatic carbocycles. The number of nitrogens with one attached hydrogen (secondary N) is 2. The predicted molar refractivity (Wildman–Crippen MR) is 137 cm³/mol. The first-order chi connectivity index (χ1) is 17.5. The molecule has 202 valence electrons. The average molecular weight is 517 g/mol. The fraction of sp³-hybridized carbons (Fsp3) is 0.500. The molecule has 0 radical (unpaired) electrons. The molecule has 1 aromatic heterocycles. The van der Waals surface area contributed by atoms with Gasteiger partial charge in [-0.15, -0.1) is 0 Å². The molecular formula is C26H36N4O7. The zero-order valence-electron chi connectivity index (χ0n) is 22.0. The number of para-hydroxylation sites is 1. The highest BCUT2D eigenvalue weighted by atomic mass is 16.7. The second kappa shape index (κ2) is 13.5. The van der Waals surface area contributed by atoms with Crippen LogP contribution in [0.3, 0.4) is 0 Å². The van der Waals surface area contributed by atoms with Gasteiger partial charge in [-0.3, -0.25) is 19.9 Å². The Labute approximate surface area is 216 Å². The number of hydrazine groups is 1. The van der Waals surface area contributed by atoms with Crippen molar-refractivity contribution >= 4 is 34.7 Å². The Morgan fingerprint density at radius 2 is 1.81 bits per heavy atom. The average Bonchev–Trinajstić information content (AvgIpc) is 2.85. The maximum atomic E-state index is 12.9. The second-order valence-corrected chi connectivity index (χ2v) is 9.55. The van der Waals surface area contributed by atoms with Gasteiger partial charge in [0.1, 0.15) is 17.4 Å². The van der Waals surface area contributed by atoms with Crippen LogP contribution in [-0.2, 0) is 14.4 Å². The number of carbonyl (C=O) groups is 4. The van der Waals surface area contributed by atoms with Crippen LogP contribution in [0, 0.1) is 0 Å². The minimum absolute atomic E-state index is 0.0912. The zero-order chi connectivity index (χ0) is 27.6. The van der Waals surface area contributed by atoms with Crippen molar-refractivity contribution in [2.75, 3.05) is 7.11 Å². The number of fused-ring (bicyclic) bond motifs is 1. The molecule has 0 bridgehead atoms. The van der Waals surface area contributed by atoms with Gasteiger partial charge in [0.05, 0.1) is 12.6 Å². The molecule has 11 nitrogen and oxygen atoms in total. The van der Waals surface area contributed by atoms with E-state index in [2.05, 4.69) is 16.0 Å². The SMILES string of the molecule is CCC(=O)CCCCC[C@@H](C(=O)ONNC(=O)c1cc2ccccc2nc1OC)N(C(=O)O)C(C)(C)C. The third kappa shape index (κ3) is 8.42. The van der Waals surface area contributed by atoms with Crippen LogP contribution >= 0.6 is 0 Å². The first-order valence-electron chi connectivity index (χ1n) is 12.2. The van der Waals surface area contributed by atoms with E-state index in [4.69, 9.17) is 9.57 Å². The summed E-state index contributed by atoms with van der Waals surface area (Å²) in [6, 6.07) is 7.67. The lowest BCUT2D eigenvalue weighted by Gasteiger charge is -2.38. The highest BCUT2D eigenvalue weighted by Gasteiger charge is 2.38. The van der Waals surface area contributed by atoms with Crippen LogP contribution in [0.2, 0.25) is 0 Å².